The predicted octanol–water partition coefficient (Wildman–Crippen LogP) is 4.30. The number of amides is 3. The summed E-state index contributed by atoms with van der Waals surface area (Å²) in [6.45, 7) is -0.216. The molecule has 2 aromatic rings. The molecule has 0 unspecified atom stereocenters. The fourth-order valence-corrected chi connectivity index (χ4v) is 5.55. The third-order valence-electron chi connectivity index (χ3n) is 7.26. The number of hydrogen-bond donors (Lipinski definition) is 4. The van der Waals surface area contributed by atoms with E-state index in [0.29, 0.717) is 17.9 Å². The Balaban J connectivity index is 1.25. The van der Waals surface area contributed by atoms with E-state index in [0.717, 1.165) is 31.2 Å². The molecule has 2 fully saturated rings. The number of hydrogen-bond acceptors (Lipinski definition) is 5. The molecular weight excluding hydrogens is 465 g/mol. The highest BCUT2D eigenvalue weighted by Gasteiger charge is 2.46. The van der Waals surface area contributed by atoms with Crippen molar-refractivity contribution in [2.75, 3.05) is 17.2 Å². The molecule has 2 aliphatic heterocycles. The zero-order chi connectivity index (χ0) is 25.1. The molecule has 0 spiro atoms. The second kappa shape index (κ2) is 10.8. The van der Waals surface area contributed by atoms with E-state index < -0.39 is 18.0 Å². The van der Waals surface area contributed by atoms with Crippen LogP contribution in [-0.4, -0.2) is 48.0 Å². The molecule has 3 amide bonds. The highest BCUT2D eigenvalue weighted by atomic mass is 19.1. The maximum Gasteiger partial charge on any atom is 0.323 e. The van der Waals surface area contributed by atoms with E-state index in [9.17, 15) is 19.1 Å². The van der Waals surface area contributed by atoms with Gasteiger partial charge in [-0.1, -0.05) is 31.4 Å². The number of para-hydroxylation sites is 1. The second-order valence-corrected chi connectivity index (χ2v) is 9.82. The molecule has 192 valence electrons. The summed E-state index contributed by atoms with van der Waals surface area (Å²) in [6.07, 6.45) is 5.07. The summed E-state index contributed by atoms with van der Waals surface area (Å²) < 4.78 is 26.0. The number of fused-ring (bicyclic) bond motifs is 3. The number of carbonyl (C=O) groups is 2. The summed E-state index contributed by atoms with van der Waals surface area (Å²) in [4.78, 5) is 25.1. The van der Waals surface area contributed by atoms with E-state index in [1.807, 2.05) is 6.07 Å². The van der Waals surface area contributed by atoms with Gasteiger partial charge in [0.15, 0.2) is 0 Å². The summed E-state index contributed by atoms with van der Waals surface area (Å²) in [7, 11) is 0. The average molecular weight is 498 g/mol. The van der Waals surface area contributed by atoms with Crippen LogP contribution >= 0.6 is 0 Å². The van der Waals surface area contributed by atoms with Crippen LogP contribution in [0.3, 0.4) is 0 Å². The molecule has 8 nitrogen and oxygen atoms in total. The predicted molar refractivity (Wildman–Crippen MR) is 133 cm³/mol. The zero-order valence-electron chi connectivity index (χ0n) is 20.0. The number of nitrogens with one attached hydrogen (secondary N) is 3. The number of urea groups is 1. The third kappa shape index (κ3) is 5.47. The number of aliphatic hydroxyl groups is 1. The molecule has 0 aromatic heterocycles. The van der Waals surface area contributed by atoms with Gasteiger partial charge in [0.2, 0.25) is 5.91 Å². The lowest BCUT2D eigenvalue weighted by molar-refractivity contribution is -0.142. The Hall–Kier alpha value is -3.17. The summed E-state index contributed by atoms with van der Waals surface area (Å²) in [5, 5.41) is 18.4. The van der Waals surface area contributed by atoms with Crippen LogP contribution < -0.4 is 20.7 Å². The topological polar surface area (TPSA) is 109 Å². The van der Waals surface area contributed by atoms with Crippen molar-refractivity contribution < 1.29 is 28.6 Å². The lowest BCUT2D eigenvalue weighted by Crippen LogP contribution is -2.48. The van der Waals surface area contributed by atoms with Crippen molar-refractivity contribution in [2.24, 2.45) is 0 Å². The highest BCUT2D eigenvalue weighted by Crippen LogP contribution is 2.47. The summed E-state index contributed by atoms with van der Waals surface area (Å²) in [5.74, 6) is 0.0317. The van der Waals surface area contributed by atoms with Crippen LogP contribution in [0.4, 0.5) is 20.6 Å². The number of ether oxygens (including phenoxy) is 2. The van der Waals surface area contributed by atoms with Gasteiger partial charge in [-0.05, 0) is 49.6 Å². The SMILES string of the molecule is O=C(C[C@@H]1C[C@@H]2c3cc(NC(=O)Nc4ccccc4F)ccc3O[C@@H]2[C@H](CO)O1)NC1CCCCC1. The van der Waals surface area contributed by atoms with Gasteiger partial charge in [0.1, 0.15) is 23.8 Å². The first-order valence-corrected chi connectivity index (χ1v) is 12.7. The van der Waals surface area contributed by atoms with Crippen LogP contribution in [0.25, 0.3) is 0 Å². The molecule has 0 bridgehead atoms. The van der Waals surface area contributed by atoms with Crippen LogP contribution in [-0.2, 0) is 9.53 Å². The molecule has 2 aromatic carbocycles. The maximum absolute atomic E-state index is 13.9. The molecule has 36 heavy (non-hydrogen) atoms. The minimum atomic E-state index is -0.562. The van der Waals surface area contributed by atoms with E-state index in [2.05, 4.69) is 16.0 Å². The van der Waals surface area contributed by atoms with Gasteiger partial charge in [-0.15, -0.1) is 0 Å². The molecule has 3 aliphatic rings. The van der Waals surface area contributed by atoms with Gasteiger partial charge in [-0.3, -0.25) is 4.79 Å². The number of halogens is 1. The number of rotatable bonds is 6. The summed E-state index contributed by atoms with van der Waals surface area (Å²) in [6, 6.07) is 10.9. The van der Waals surface area contributed by atoms with E-state index in [4.69, 9.17) is 9.47 Å². The molecule has 4 atom stereocenters. The van der Waals surface area contributed by atoms with E-state index >= 15 is 0 Å². The molecule has 1 aliphatic carbocycles. The number of benzene rings is 2. The summed E-state index contributed by atoms with van der Waals surface area (Å²) in [5.41, 5.74) is 1.51. The zero-order valence-corrected chi connectivity index (χ0v) is 20.0. The van der Waals surface area contributed by atoms with Gasteiger partial charge in [0.05, 0.1) is 24.8 Å². The number of anilines is 2. The van der Waals surface area contributed by atoms with E-state index in [1.54, 1.807) is 24.3 Å². The van der Waals surface area contributed by atoms with Crippen molar-refractivity contribution in [3.63, 3.8) is 0 Å². The fraction of sp³-hybridized carbons (Fsp3) is 0.481. The van der Waals surface area contributed by atoms with E-state index in [1.165, 1.54) is 18.6 Å². The molecule has 0 radical (unpaired) electrons. The first kappa shape index (κ1) is 24.5. The molecule has 9 heteroatoms. The summed E-state index contributed by atoms with van der Waals surface area (Å²) >= 11 is 0. The third-order valence-corrected chi connectivity index (χ3v) is 7.26. The Morgan fingerprint density at radius 2 is 1.86 bits per heavy atom. The van der Waals surface area contributed by atoms with Crippen LogP contribution in [0.1, 0.15) is 56.4 Å². The Bertz CT molecular complexity index is 1110. The Labute approximate surface area is 209 Å². The first-order chi connectivity index (χ1) is 17.5. The van der Waals surface area contributed by atoms with Crippen molar-refractivity contribution in [3.8, 4) is 5.75 Å². The average Bonchev–Trinajstić information content (AvgIpc) is 3.23. The standard InChI is InChI=1S/C27H32FN3O5/c28-21-8-4-5-9-22(21)31-27(34)30-17-10-11-23-19(12-17)20-13-18(35-24(15-32)26(20)36-23)14-25(33)29-16-6-2-1-3-7-16/h4-5,8-12,16,18,20,24,26,32H,1-3,6-7,13-15H2,(H,29,33)(H2,30,31,34)/t18-,20+,24-,26-/m0/s1. The minimum Gasteiger partial charge on any atom is -0.487 e. The van der Waals surface area contributed by atoms with Gasteiger partial charge in [-0.25, -0.2) is 9.18 Å². The molecule has 1 saturated carbocycles. The van der Waals surface area contributed by atoms with Gasteiger partial charge in [0.25, 0.3) is 0 Å². The minimum absolute atomic E-state index is 0.0265. The lowest BCUT2D eigenvalue weighted by Gasteiger charge is -2.37. The van der Waals surface area contributed by atoms with Crippen molar-refractivity contribution in [2.45, 2.75) is 75.2 Å². The monoisotopic (exact) mass is 497 g/mol. The van der Waals surface area contributed by atoms with Crippen LogP contribution in [0, 0.1) is 5.82 Å². The second-order valence-electron chi connectivity index (χ2n) is 9.82. The van der Waals surface area contributed by atoms with Crippen LogP contribution in [0.2, 0.25) is 0 Å². The van der Waals surface area contributed by atoms with Crippen molar-refractivity contribution in [1.82, 2.24) is 5.32 Å². The Kier molecular flexibility index (Phi) is 7.38. The first-order valence-electron chi connectivity index (χ1n) is 12.7. The molecule has 1 saturated heterocycles. The highest BCUT2D eigenvalue weighted by molar-refractivity contribution is 5.99. The Morgan fingerprint density at radius 1 is 1.06 bits per heavy atom. The fourth-order valence-electron chi connectivity index (χ4n) is 5.55. The lowest BCUT2D eigenvalue weighted by atomic mass is 9.84. The number of aliphatic hydroxyl groups excluding tert-OH is 1. The van der Waals surface area contributed by atoms with Crippen LogP contribution in [0.5, 0.6) is 5.75 Å². The molecule has 5 rings (SSSR count). The molecular formula is C27H32FN3O5. The quantitative estimate of drug-likeness (QED) is 0.476. The normalized spacial score (nSPS) is 25.3. The van der Waals surface area contributed by atoms with Crippen molar-refractivity contribution in [1.29, 1.82) is 0 Å². The van der Waals surface area contributed by atoms with Gasteiger partial charge in [0, 0.05) is 23.2 Å². The Morgan fingerprint density at radius 3 is 2.64 bits per heavy atom. The molecule has 2 heterocycles. The largest absolute Gasteiger partial charge is 0.487 e. The van der Waals surface area contributed by atoms with Gasteiger partial charge in [-0.2, -0.15) is 0 Å². The van der Waals surface area contributed by atoms with Crippen LogP contribution in [0.15, 0.2) is 42.5 Å². The van der Waals surface area contributed by atoms with Crippen molar-refractivity contribution in [3.05, 3.63) is 53.8 Å². The maximum atomic E-state index is 13.9. The smallest absolute Gasteiger partial charge is 0.323 e. The van der Waals surface area contributed by atoms with Gasteiger partial charge < -0.3 is 30.5 Å². The number of carbonyl (C=O) groups excluding carboxylic acids is 2. The van der Waals surface area contributed by atoms with Gasteiger partial charge >= 0.3 is 6.03 Å². The van der Waals surface area contributed by atoms with E-state index in [-0.39, 0.29) is 48.8 Å². The molecule has 4 N–H and O–H groups in total. The van der Waals surface area contributed by atoms with Crippen molar-refractivity contribution >= 4 is 23.3 Å².